The Bertz CT molecular complexity index is 1710. The number of fused-ring (bicyclic) bond motifs is 6. The van der Waals surface area contributed by atoms with Crippen molar-refractivity contribution >= 4 is 28.3 Å². The number of hydrogen-bond donors (Lipinski definition) is 0. The summed E-state index contributed by atoms with van der Waals surface area (Å²) in [7, 11) is 0. The molecule has 42 heavy (non-hydrogen) atoms. The lowest BCUT2D eigenvalue weighted by molar-refractivity contribution is -0.143. The molecule has 6 nitrogen and oxygen atoms in total. The highest BCUT2D eigenvalue weighted by Gasteiger charge is 2.74. The van der Waals surface area contributed by atoms with Crippen molar-refractivity contribution in [3.05, 3.63) is 70.8 Å². The van der Waals surface area contributed by atoms with Crippen molar-refractivity contribution in [2.24, 2.45) is 11.8 Å². The number of imide groups is 1. The van der Waals surface area contributed by atoms with Crippen molar-refractivity contribution < 1.29 is 49.8 Å². The first-order valence-electron chi connectivity index (χ1n) is 12.8. The van der Waals surface area contributed by atoms with E-state index in [4.69, 9.17) is 9.47 Å². The molecule has 4 unspecified atom stereocenters. The normalized spacial score (nSPS) is 26.7. The number of ether oxygens (including phenoxy) is 2. The van der Waals surface area contributed by atoms with Crippen LogP contribution < -0.4 is 9.64 Å². The van der Waals surface area contributed by atoms with E-state index >= 15 is 0 Å². The molecule has 13 heteroatoms. The Morgan fingerprint density at radius 2 is 1.57 bits per heavy atom. The van der Waals surface area contributed by atoms with Gasteiger partial charge in [-0.15, -0.1) is 0 Å². The number of benzene rings is 3. The van der Waals surface area contributed by atoms with Crippen LogP contribution in [0, 0.1) is 46.4 Å². The van der Waals surface area contributed by atoms with Crippen LogP contribution in [0.15, 0.2) is 36.4 Å². The van der Waals surface area contributed by atoms with Crippen LogP contribution in [0.5, 0.6) is 5.75 Å². The second-order valence-corrected chi connectivity index (χ2v) is 10.8. The number of amides is 2. The molecule has 3 saturated heterocycles. The maximum atomic E-state index is 14.4. The van der Waals surface area contributed by atoms with Gasteiger partial charge in [-0.2, -0.15) is 27.2 Å². The number of anilines is 1. The Hall–Kier alpha value is -4.18. The molecule has 0 aliphatic carbocycles. The Morgan fingerprint density at radius 3 is 2.19 bits per heavy atom. The first kappa shape index (κ1) is 28.0. The minimum Gasteiger partial charge on any atom is -0.487 e. The molecular weight excluding hydrogens is 573 g/mol. The van der Waals surface area contributed by atoms with E-state index in [2.05, 4.69) is 6.07 Å². The van der Waals surface area contributed by atoms with E-state index in [-0.39, 0.29) is 18.5 Å². The van der Waals surface area contributed by atoms with E-state index in [0.29, 0.717) is 22.8 Å². The molecule has 3 aliphatic rings. The van der Waals surface area contributed by atoms with Crippen LogP contribution in [0.25, 0.3) is 10.8 Å². The number of carbonyl (C=O) groups is 2. The van der Waals surface area contributed by atoms with Crippen molar-refractivity contribution in [2.45, 2.75) is 43.6 Å². The molecule has 3 fully saturated rings. The highest BCUT2D eigenvalue weighted by molar-refractivity contribution is 6.26. The van der Waals surface area contributed by atoms with Gasteiger partial charge in [0.25, 0.3) is 0 Å². The molecule has 3 aromatic rings. The standard InChI is InChI=1S/C29H19F7N2O4/c1-27-8-9-28(42-27,10-11-41-24-22(32)20(30)19(29(34,35)36)21(31)23(24)33)18-17(27)25(39)38(26(18)40)16-7-6-13(12-37)14-4-2-3-5-15(14)16/h2-7,17-18H,8-11H2,1H3. The molecule has 0 N–H and O–H groups in total. The number of carbonyl (C=O) groups excluding carboxylic acids is 2. The zero-order chi connectivity index (χ0) is 30.4. The SMILES string of the molecule is CC12CCC(CCOc3c(F)c(F)c(C(F)(F)F)c(F)c3F)(O1)C1C(=O)N(c3ccc(C#N)c4ccccc34)C(=O)C12. The third-order valence-corrected chi connectivity index (χ3v) is 8.55. The summed E-state index contributed by atoms with van der Waals surface area (Å²) in [6.45, 7) is 0.963. The molecule has 0 spiro atoms. The Kier molecular flexibility index (Phi) is 6.10. The predicted molar refractivity (Wildman–Crippen MR) is 131 cm³/mol. The van der Waals surface area contributed by atoms with Gasteiger partial charge in [0.2, 0.25) is 23.4 Å². The van der Waals surface area contributed by atoms with Gasteiger partial charge in [0, 0.05) is 17.2 Å². The minimum absolute atomic E-state index is 0.232. The average Bonchev–Trinajstić information content (AvgIpc) is 3.52. The minimum atomic E-state index is -5.70. The van der Waals surface area contributed by atoms with Crippen LogP contribution >= 0.6 is 0 Å². The molecule has 3 aromatic carbocycles. The quantitative estimate of drug-likeness (QED) is 0.201. The van der Waals surface area contributed by atoms with Crippen molar-refractivity contribution in [1.82, 2.24) is 0 Å². The first-order valence-corrected chi connectivity index (χ1v) is 12.8. The van der Waals surface area contributed by atoms with Crippen LogP contribution in [0.2, 0.25) is 0 Å². The van der Waals surface area contributed by atoms with E-state index in [1.54, 1.807) is 31.2 Å². The fourth-order valence-electron chi connectivity index (χ4n) is 6.74. The summed E-state index contributed by atoms with van der Waals surface area (Å²) in [6, 6.07) is 11.8. The highest BCUT2D eigenvalue weighted by atomic mass is 19.4. The van der Waals surface area contributed by atoms with Gasteiger partial charge in [-0.1, -0.05) is 24.3 Å². The van der Waals surface area contributed by atoms with Gasteiger partial charge in [0.1, 0.15) is 5.56 Å². The fraction of sp³-hybridized carbons (Fsp3) is 0.345. The largest absolute Gasteiger partial charge is 0.487 e. The molecule has 0 aromatic heterocycles. The smallest absolute Gasteiger partial charge is 0.422 e. The Morgan fingerprint density at radius 1 is 0.952 bits per heavy atom. The van der Waals surface area contributed by atoms with Gasteiger partial charge in [0.15, 0.2) is 17.4 Å². The number of nitriles is 1. The van der Waals surface area contributed by atoms with Crippen molar-refractivity contribution in [3.63, 3.8) is 0 Å². The lowest BCUT2D eigenvalue weighted by atomic mass is 9.67. The molecule has 0 saturated carbocycles. The first-order chi connectivity index (χ1) is 19.8. The maximum absolute atomic E-state index is 14.4. The van der Waals surface area contributed by atoms with Gasteiger partial charge in [0.05, 0.1) is 47.0 Å². The van der Waals surface area contributed by atoms with Crippen LogP contribution in [-0.2, 0) is 20.5 Å². The van der Waals surface area contributed by atoms with E-state index in [1.807, 2.05) is 0 Å². The second-order valence-electron chi connectivity index (χ2n) is 10.8. The number of halogens is 7. The van der Waals surface area contributed by atoms with Crippen LogP contribution in [-0.4, -0.2) is 29.6 Å². The lowest BCUT2D eigenvalue weighted by Gasteiger charge is -2.31. The summed E-state index contributed by atoms with van der Waals surface area (Å²) in [5, 5.41) is 10.5. The fourth-order valence-corrected chi connectivity index (χ4v) is 6.74. The topological polar surface area (TPSA) is 79.6 Å². The molecule has 2 amide bonds. The zero-order valence-electron chi connectivity index (χ0n) is 21.6. The molecular formula is C29H19F7N2O4. The molecule has 218 valence electrons. The highest BCUT2D eigenvalue weighted by Crippen LogP contribution is 2.62. The van der Waals surface area contributed by atoms with Gasteiger partial charge in [-0.05, 0) is 31.9 Å². The maximum Gasteiger partial charge on any atom is 0.422 e. The van der Waals surface area contributed by atoms with Crippen LogP contribution in [0.3, 0.4) is 0 Å². The summed E-state index contributed by atoms with van der Waals surface area (Å²) < 4.78 is 107. The summed E-state index contributed by atoms with van der Waals surface area (Å²) in [4.78, 5) is 28.7. The molecule has 4 atom stereocenters. The third kappa shape index (κ3) is 3.74. The molecule has 2 bridgehead atoms. The number of rotatable bonds is 5. The van der Waals surface area contributed by atoms with Gasteiger partial charge >= 0.3 is 6.18 Å². The van der Waals surface area contributed by atoms with Crippen LogP contribution in [0.4, 0.5) is 36.4 Å². The van der Waals surface area contributed by atoms with Crippen molar-refractivity contribution in [2.75, 3.05) is 11.5 Å². The third-order valence-electron chi connectivity index (χ3n) is 8.55. The van der Waals surface area contributed by atoms with Gasteiger partial charge in [-0.3, -0.25) is 9.59 Å². The van der Waals surface area contributed by atoms with Crippen molar-refractivity contribution in [3.8, 4) is 11.8 Å². The van der Waals surface area contributed by atoms with E-state index in [9.17, 15) is 45.6 Å². The Labute approximate surface area is 233 Å². The second kappa shape index (κ2) is 9.16. The van der Waals surface area contributed by atoms with E-state index in [0.717, 1.165) is 4.90 Å². The predicted octanol–water partition coefficient (Wildman–Crippen LogP) is 6.18. The number of nitrogens with zero attached hydrogens (tertiary/aromatic N) is 2. The summed E-state index contributed by atoms with van der Waals surface area (Å²) in [5.41, 5.74) is -4.56. The zero-order valence-corrected chi connectivity index (χ0v) is 21.6. The summed E-state index contributed by atoms with van der Waals surface area (Å²) in [6.07, 6.45) is -5.40. The monoisotopic (exact) mass is 592 g/mol. The molecule has 3 aliphatic heterocycles. The lowest BCUT2D eigenvalue weighted by Crippen LogP contribution is -2.43. The van der Waals surface area contributed by atoms with E-state index in [1.165, 1.54) is 12.1 Å². The average molecular weight is 592 g/mol. The van der Waals surface area contributed by atoms with Gasteiger partial charge in [-0.25, -0.2) is 13.7 Å². The molecule has 0 radical (unpaired) electrons. The number of alkyl halides is 3. The van der Waals surface area contributed by atoms with Crippen molar-refractivity contribution in [1.29, 1.82) is 5.26 Å². The van der Waals surface area contributed by atoms with E-state index < -0.39 is 82.2 Å². The molecule has 6 rings (SSSR count). The Balaban J connectivity index is 1.31. The van der Waals surface area contributed by atoms with Crippen LogP contribution in [0.1, 0.15) is 37.3 Å². The number of hydrogen-bond acceptors (Lipinski definition) is 5. The summed E-state index contributed by atoms with van der Waals surface area (Å²) in [5.74, 6) is -14.8. The van der Waals surface area contributed by atoms with Gasteiger partial charge < -0.3 is 9.47 Å². The molecule has 3 heterocycles. The summed E-state index contributed by atoms with van der Waals surface area (Å²) >= 11 is 0.